The van der Waals surface area contributed by atoms with Crippen molar-refractivity contribution in [3.05, 3.63) is 0 Å². The van der Waals surface area contributed by atoms with Crippen molar-refractivity contribution in [3.8, 4) is 0 Å². The maximum atomic E-state index is 5.31. The van der Waals surface area contributed by atoms with E-state index < -0.39 is 0 Å². The minimum atomic E-state index is 0.232. The molecule has 1 fully saturated rings. The van der Waals surface area contributed by atoms with E-state index >= 15 is 0 Å². The molecule has 0 radical (unpaired) electrons. The number of nitrogens with zero attached hydrogens (tertiary/aromatic N) is 1. The zero-order valence-electron chi connectivity index (χ0n) is 6.79. The van der Waals surface area contributed by atoms with Crippen molar-refractivity contribution in [2.24, 2.45) is 16.5 Å². The first-order chi connectivity index (χ1) is 5.24. The lowest BCUT2D eigenvalue weighted by atomic mass is 10.3. The molecule has 0 spiro atoms. The molecule has 11 heavy (non-hydrogen) atoms. The molecule has 1 saturated carbocycles. The third-order valence-corrected chi connectivity index (χ3v) is 3.19. The van der Waals surface area contributed by atoms with E-state index in [-0.39, 0.29) is 5.96 Å². The van der Waals surface area contributed by atoms with E-state index in [9.17, 15) is 0 Å². The summed E-state index contributed by atoms with van der Waals surface area (Å²) in [7, 11) is 0. The molecule has 0 aromatic carbocycles. The largest absolute Gasteiger partial charge is 0.370 e. The molecule has 1 rings (SSSR count). The van der Waals surface area contributed by atoms with Crippen LogP contribution in [0.15, 0.2) is 4.99 Å². The van der Waals surface area contributed by atoms with Gasteiger partial charge in [0.05, 0.1) is 6.04 Å². The molecular weight excluding hydrogens is 158 g/mol. The van der Waals surface area contributed by atoms with Crippen LogP contribution in [0.1, 0.15) is 19.3 Å². The van der Waals surface area contributed by atoms with E-state index in [0.717, 1.165) is 6.42 Å². The number of guanidine groups is 1. The van der Waals surface area contributed by atoms with E-state index in [2.05, 4.69) is 11.2 Å². The molecule has 0 aliphatic heterocycles. The van der Waals surface area contributed by atoms with Crippen molar-refractivity contribution in [1.82, 2.24) is 0 Å². The Morgan fingerprint density at radius 3 is 2.73 bits per heavy atom. The maximum Gasteiger partial charge on any atom is 0.186 e. The zero-order chi connectivity index (χ0) is 8.27. The number of rotatable bonds is 2. The molecule has 4 N–H and O–H groups in total. The first kappa shape index (κ1) is 8.71. The van der Waals surface area contributed by atoms with Gasteiger partial charge in [0.25, 0.3) is 0 Å². The van der Waals surface area contributed by atoms with Crippen molar-refractivity contribution in [3.63, 3.8) is 0 Å². The molecule has 0 aromatic heterocycles. The topological polar surface area (TPSA) is 64.4 Å². The molecule has 3 nitrogen and oxygen atoms in total. The van der Waals surface area contributed by atoms with Gasteiger partial charge in [0.2, 0.25) is 0 Å². The fourth-order valence-corrected chi connectivity index (χ4v) is 2.43. The Hall–Kier alpha value is -0.380. The van der Waals surface area contributed by atoms with Crippen LogP contribution < -0.4 is 11.5 Å². The summed E-state index contributed by atoms with van der Waals surface area (Å²) in [5.74, 6) is 0.232. The monoisotopic (exact) mass is 173 g/mol. The van der Waals surface area contributed by atoms with Crippen molar-refractivity contribution >= 4 is 17.7 Å². The minimum Gasteiger partial charge on any atom is -0.370 e. The smallest absolute Gasteiger partial charge is 0.186 e. The van der Waals surface area contributed by atoms with Crippen LogP contribution in [-0.2, 0) is 0 Å². The third kappa shape index (κ3) is 2.29. The average Bonchev–Trinajstić information content (AvgIpc) is 2.34. The molecule has 2 unspecified atom stereocenters. The summed E-state index contributed by atoms with van der Waals surface area (Å²) in [6.45, 7) is 0. The van der Waals surface area contributed by atoms with Gasteiger partial charge in [0, 0.05) is 5.25 Å². The molecule has 4 heteroatoms. The van der Waals surface area contributed by atoms with E-state index in [1.54, 1.807) is 0 Å². The third-order valence-electron chi connectivity index (χ3n) is 2.04. The Labute approximate surface area is 71.6 Å². The number of hydrogen-bond acceptors (Lipinski definition) is 2. The predicted molar refractivity (Wildman–Crippen MR) is 50.8 cm³/mol. The van der Waals surface area contributed by atoms with Crippen LogP contribution in [0.25, 0.3) is 0 Å². The number of hydrogen-bond donors (Lipinski definition) is 2. The van der Waals surface area contributed by atoms with Crippen LogP contribution in [0.4, 0.5) is 0 Å². The van der Waals surface area contributed by atoms with Crippen molar-refractivity contribution in [2.75, 3.05) is 6.26 Å². The first-order valence-corrected chi connectivity index (χ1v) is 5.14. The summed E-state index contributed by atoms with van der Waals surface area (Å²) in [6.07, 6.45) is 5.77. The maximum absolute atomic E-state index is 5.31. The van der Waals surface area contributed by atoms with Crippen LogP contribution >= 0.6 is 11.8 Å². The molecular formula is C7H15N3S. The Morgan fingerprint density at radius 2 is 2.18 bits per heavy atom. The van der Waals surface area contributed by atoms with Gasteiger partial charge in [-0.2, -0.15) is 11.8 Å². The fourth-order valence-electron chi connectivity index (χ4n) is 1.52. The van der Waals surface area contributed by atoms with Crippen LogP contribution in [0.2, 0.25) is 0 Å². The highest BCUT2D eigenvalue weighted by atomic mass is 32.2. The second kappa shape index (κ2) is 3.85. The van der Waals surface area contributed by atoms with Crippen LogP contribution in [0.3, 0.4) is 0 Å². The molecule has 2 atom stereocenters. The van der Waals surface area contributed by atoms with E-state index in [1.165, 1.54) is 12.8 Å². The molecule has 0 bridgehead atoms. The predicted octanol–water partition coefficient (Wildman–Crippen LogP) is 0.544. The molecule has 0 saturated heterocycles. The molecule has 64 valence electrons. The second-order valence-corrected chi connectivity index (χ2v) is 3.90. The Kier molecular flexibility index (Phi) is 3.05. The summed E-state index contributed by atoms with van der Waals surface area (Å²) < 4.78 is 0. The number of nitrogens with two attached hydrogens (primary N) is 2. The molecule has 1 aliphatic rings. The average molecular weight is 173 g/mol. The second-order valence-electron chi connectivity index (χ2n) is 2.83. The van der Waals surface area contributed by atoms with Crippen molar-refractivity contribution in [2.45, 2.75) is 30.6 Å². The quantitative estimate of drug-likeness (QED) is 0.473. The van der Waals surface area contributed by atoms with Crippen molar-refractivity contribution < 1.29 is 0 Å². The lowest BCUT2D eigenvalue weighted by Crippen LogP contribution is -2.27. The molecule has 0 heterocycles. The van der Waals surface area contributed by atoms with Crippen LogP contribution in [0.5, 0.6) is 0 Å². The summed E-state index contributed by atoms with van der Waals surface area (Å²) >= 11 is 1.86. The summed E-state index contributed by atoms with van der Waals surface area (Å²) in [6, 6.07) is 0.370. The highest BCUT2D eigenvalue weighted by molar-refractivity contribution is 7.99. The number of thioether (sulfide) groups is 1. The van der Waals surface area contributed by atoms with Gasteiger partial charge in [-0.25, -0.2) is 4.99 Å². The Bertz CT molecular complexity index is 154. The highest BCUT2D eigenvalue weighted by Gasteiger charge is 2.25. The van der Waals surface area contributed by atoms with E-state index in [1.807, 2.05) is 11.8 Å². The number of aliphatic imine (C=N–C) groups is 1. The van der Waals surface area contributed by atoms with Gasteiger partial charge in [-0.1, -0.05) is 6.42 Å². The van der Waals surface area contributed by atoms with Gasteiger partial charge in [0.15, 0.2) is 5.96 Å². The lowest BCUT2D eigenvalue weighted by Gasteiger charge is -2.12. The van der Waals surface area contributed by atoms with Crippen LogP contribution in [-0.4, -0.2) is 23.5 Å². The van der Waals surface area contributed by atoms with Gasteiger partial charge in [0.1, 0.15) is 0 Å². The summed E-state index contributed by atoms with van der Waals surface area (Å²) in [5.41, 5.74) is 10.6. The fraction of sp³-hybridized carbons (Fsp3) is 0.857. The lowest BCUT2D eigenvalue weighted by molar-refractivity contribution is 0.717. The van der Waals surface area contributed by atoms with Gasteiger partial charge >= 0.3 is 0 Å². The summed E-state index contributed by atoms with van der Waals surface area (Å²) in [4.78, 5) is 4.18. The zero-order valence-corrected chi connectivity index (χ0v) is 7.60. The Balaban J connectivity index is 2.50. The Morgan fingerprint density at radius 1 is 1.45 bits per heavy atom. The van der Waals surface area contributed by atoms with E-state index in [4.69, 9.17) is 11.5 Å². The summed E-state index contributed by atoms with van der Waals surface area (Å²) in [5, 5.41) is 0.636. The molecule has 0 amide bonds. The first-order valence-electron chi connectivity index (χ1n) is 3.85. The van der Waals surface area contributed by atoms with Crippen molar-refractivity contribution in [1.29, 1.82) is 0 Å². The highest BCUT2D eigenvalue weighted by Crippen LogP contribution is 2.30. The minimum absolute atomic E-state index is 0.232. The normalized spacial score (nSPS) is 30.3. The SMILES string of the molecule is CSC1CCCC1N=C(N)N. The molecule has 1 aliphatic carbocycles. The van der Waals surface area contributed by atoms with Gasteiger partial charge in [-0.15, -0.1) is 0 Å². The van der Waals surface area contributed by atoms with Gasteiger partial charge < -0.3 is 11.5 Å². The van der Waals surface area contributed by atoms with Crippen LogP contribution in [0, 0.1) is 0 Å². The standard InChI is InChI=1S/C7H15N3S/c1-11-6-4-2-3-5(6)10-7(8)9/h5-6H,2-4H2,1H3,(H4,8,9,10). The van der Waals surface area contributed by atoms with Gasteiger partial charge in [-0.05, 0) is 19.1 Å². The molecule has 0 aromatic rings. The van der Waals surface area contributed by atoms with Gasteiger partial charge in [-0.3, -0.25) is 0 Å². The van der Waals surface area contributed by atoms with E-state index in [0.29, 0.717) is 11.3 Å².